The normalized spacial score (nSPS) is 32.0. The van der Waals surface area contributed by atoms with Crippen molar-refractivity contribution in [3.63, 3.8) is 0 Å². The van der Waals surface area contributed by atoms with E-state index < -0.39 is 22.5 Å². The molecule has 2 aliphatic carbocycles. The van der Waals surface area contributed by atoms with Gasteiger partial charge in [-0.25, -0.2) is 0 Å². The standard InChI is InChI=1S/C22H22O5/c1-13-10-16-15-11-14(23)4-5-17(15)27-22(12-13)19(25)7-6-18(24)21(16,22)9-8-20(2,3)26/h4-11,16,23,26H,12H2,1-3H3/b9-8+/t16-,21-,22+/m1/s1. The molecule has 1 aromatic carbocycles. The number of fused-ring (bicyclic) bond motifs is 2. The molecule has 4 rings (SSSR count). The van der Waals surface area contributed by atoms with E-state index in [0.29, 0.717) is 11.3 Å². The Balaban J connectivity index is 2.08. The Hall–Kier alpha value is -2.66. The third-order valence-corrected chi connectivity index (χ3v) is 5.70. The van der Waals surface area contributed by atoms with Crippen molar-refractivity contribution in [3.05, 3.63) is 59.7 Å². The first-order chi connectivity index (χ1) is 12.6. The number of allylic oxidation sites excluding steroid dienone is 2. The lowest BCUT2D eigenvalue weighted by atomic mass is 9.50. The van der Waals surface area contributed by atoms with Gasteiger partial charge in [-0.1, -0.05) is 23.8 Å². The molecular formula is C22H22O5. The van der Waals surface area contributed by atoms with Crippen molar-refractivity contribution in [2.45, 2.75) is 44.3 Å². The summed E-state index contributed by atoms with van der Waals surface area (Å²) in [6, 6.07) is 4.72. The topological polar surface area (TPSA) is 83.8 Å². The van der Waals surface area contributed by atoms with Gasteiger partial charge in [-0.15, -0.1) is 0 Å². The maximum absolute atomic E-state index is 13.3. The molecule has 1 aliphatic heterocycles. The zero-order chi connectivity index (χ0) is 19.6. The van der Waals surface area contributed by atoms with E-state index >= 15 is 0 Å². The molecule has 2 bridgehead atoms. The zero-order valence-corrected chi connectivity index (χ0v) is 15.5. The average Bonchev–Trinajstić information content (AvgIpc) is 2.57. The van der Waals surface area contributed by atoms with E-state index in [2.05, 4.69) is 0 Å². The Morgan fingerprint density at radius 1 is 1.22 bits per heavy atom. The van der Waals surface area contributed by atoms with E-state index in [1.54, 1.807) is 38.1 Å². The molecule has 0 amide bonds. The van der Waals surface area contributed by atoms with Gasteiger partial charge in [0.05, 0.1) is 5.60 Å². The molecule has 27 heavy (non-hydrogen) atoms. The van der Waals surface area contributed by atoms with E-state index in [9.17, 15) is 19.8 Å². The molecule has 0 saturated heterocycles. The highest BCUT2D eigenvalue weighted by molar-refractivity contribution is 6.15. The van der Waals surface area contributed by atoms with Gasteiger partial charge in [0.1, 0.15) is 16.9 Å². The van der Waals surface area contributed by atoms with E-state index in [1.165, 1.54) is 18.2 Å². The first kappa shape index (κ1) is 17.7. The summed E-state index contributed by atoms with van der Waals surface area (Å²) >= 11 is 0. The van der Waals surface area contributed by atoms with Crippen LogP contribution in [0.4, 0.5) is 0 Å². The van der Waals surface area contributed by atoms with Crippen molar-refractivity contribution >= 4 is 11.6 Å². The summed E-state index contributed by atoms with van der Waals surface area (Å²) in [4.78, 5) is 26.4. The van der Waals surface area contributed by atoms with Gasteiger partial charge in [0, 0.05) is 17.9 Å². The SMILES string of the molecule is CC1=C[C@@H]2c3cc(O)ccc3O[C@@]3(C1)C(=O)C=CC(=O)[C@@]23/C=C/C(C)(C)O. The zero-order valence-electron chi connectivity index (χ0n) is 15.5. The Morgan fingerprint density at radius 3 is 2.63 bits per heavy atom. The van der Waals surface area contributed by atoms with Gasteiger partial charge in [-0.05, 0) is 51.1 Å². The summed E-state index contributed by atoms with van der Waals surface area (Å²) in [6.07, 6.45) is 8.03. The van der Waals surface area contributed by atoms with Crippen LogP contribution in [0.25, 0.3) is 0 Å². The minimum atomic E-state index is -1.39. The van der Waals surface area contributed by atoms with Gasteiger partial charge in [-0.3, -0.25) is 9.59 Å². The molecule has 2 N–H and O–H groups in total. The van der Waals surface area contributed by atoms with Gasteiger partial charge >= 0.3 is 0 Å². The average molecular weight is 366 g/mol. The second-order valence-electron chi connectivity index (χ2n) is 8.24. The molecule has 0 unspecified atom stereocenters. The van der Waals surface area contributed by atoms with Gasteiger partial charge in [-0.2, -0.15) is 0 Å². The third-order valence-electron chi connectivity index (χ3n) is 5.70. The number of carbonyl (C=O) groups is 2. The minimum absolute atomic E-state index is 0.0632. The monoisotopic (exact) mass is 366 g/mol. The second-order valence-corrected chi connectivity index (χ2v) is 8.24. The predicted octanol–water partition coefficient (Wildman–Crippen LogP) is 2.98. The second kappa shape index (κ2) is 5.42. The predicted molar refractivity (Wildman–Crippen MR) is 99.6 cm³/mol. The number of rotatable bonds is 2. The van der Waals surface area contributed by atoms with Crippen molar-refractivity contribution in [3.8, 4) is 11.5 Å². The first-order valence-corrected chi connectivity index (χ1v) is 8.98. The van der Waals surface area contributed by atoms with Crippen molar-refractivity contribution in [1.82, 2.24) is 0 Å². The van der Waals surface area contributed by atoms with Crippen LogP contribution in [0.1, 0.15) is 38.7 Å². The van der Waals surface area contributed by atoms with Gasteiger partial charge in [0.15, 0.2) is 11.4 Å². The molecule has 0 spiro atoms. The maximum atomic E-state index is 13.3. The molecule has 1 aromatic rings. The third kappa shape index (κ3) is 2.34. The smallest absolute Gasteiger partial charge is 0.201 e. The first-order valence-electron chi connectivity index (χ1n) is 8.98. The number of ketones is 2. The largest absolute Gasteiger partial charge is 0.508 e. The number of carbonyl (C=O) groups excluding carboxylic acids is 2. The quantitative estimate of drug-likeness (QED) is 0.786. The summed E-state index contributed by atoms with van der Waals surface area (Å²) < 4.78 is 6.26. The van der Waals surface area contributed by atoms with Crippen LogP contribution in [0.5, 0.6) is 11.5 Å². The fourth-order valence-electron chi connectivity index (χ4n) is 4.55. The highest BCUT2D eigenvalue weighted by atomic mass is 16.5. The summed E-state index contributed by atoms with van der Waals surface area (Å²) in [5.41, 5.74) is -2.26. The fourth-order valence-corrected chi connectivity index (χ4v) is 4.55. The number of benzene rings is 1. The van der Waals surface area contributed by atoms with Crippen LogP contribution in [-0.2, 0) is 9.59 Å². The summed E-state index contributed by atoms with van der Waals surface area (Å²) in [6.45, 7) is 5.13. The Morgan fingerprint density at radius 2 is 1.93 bits per heavy atom. The minimum Gasteiger partial charge on any atom is -0.508 e. The molecule has 0 aromatic heterocycles. The number of ether oxygens (including phenoxy) is 1. The van der Waals surface area contributed by atoms with Gasteiger partial charge in [0.25, 0.3) is 0 Å². The Bertz CT molecular complexity index is 946. The number of hydrogen-bond acceptors (Lipinski definition) is 5. The van der Waals surface area contributed by atoms with E-state index in [-0.39, 0.29) is 23.7 Å². The van der Waals surface area contributed by atoms with Gasteiger partial charge < -0.3 is 14.9 Å². The fraction of sp³-hybridized carbons (Fsp3) is 0.364. The number of phenolic OH excluding ortho intramolecular Hbond substituents is 1. The van der Waals surface area contributed by atoms with Crippen molar-refractivity contribution in [2.75, 3.05) is 0 Å². The molecule has 0 fully saturated rings. The molecule has 3 atom stereocenters. The summed E-state index contributed by atoms with van der Waals surface area (Å²) in [7, 11) is 0. The van der Waals surface area contributed by atoms with Crippen molar-refractivity contribution in [2.24, 2.45) is 5.41 Å². The van der Waals surface area contributed by atoms with Crippen LogP contribution in [0, 0.1) is 5.41 Å². The van der Waals surface area contributed by atoms with Crippen LogP contribution in [0.3, 0.4) is 0 Å². The number of hydrogen-bond donors (Lipinski definition) is 2. The Labute approximate surface area is 157 Å². The van der Waals surface area contributed by atoms with Crippen LogP contribution in [-0.4, -0.2) is 33.0 Å². The van der Waals surface area contributed by atoms with Crippen molar-refractivity contribution < 1.29 is 24.5 Å². The molecule has 0 radical (unpaired) electrons. The number of aliphatic hydroxyl groups is 1. The molecule has 5 nitrogen and oxygen atoms in total. The van der Waals surface area contributed by atoms with Gasteiger partial charge in [0.2, 0.25) is 5.78 Å². The van der Waals surface area contributed by atoms with Crippen LogP contribution in [0.15, 0.2) is 54.2 Å². The molecule has 3 aliphatic rings. The molecule has 140 valence electrons. The van der Waals surface area contributed by atoms with Crippen LogP contribution >= 0.6 is 0 Å². The molecular weight excluding hydrogens is 344 g/mol. The highest BCUT2D eigenvalue weighted by Crippen LogP contribution is 2.62. The van der Waals surface area contributed by atoms with Crippen LogP contribution in [0.2, 0.25) is 0 Å². The highest BCUT2D eigenvalue weighted by Gasteiger charge is 2.69. The number of aromatic hydroxyl groups is 1. The Kier molecular flexibility index (Phi) is 3.56. The lowest BCUT2D eigenvalue weighted by Crippen LogP contribution is -2.67. The van der Waals surface area contributed by atoms with E-state index in [4.69, 9.17) is 4.74 Å². The molecule has 1 heterocycles. The van der Waals surface area contributed by atoms with E-state index in [0.717, 1.165) is 5.57 Å². The van der Waals surface area contributed by atoms with Crippen molar-refractivity contribution in [1.29, 1.82) is 0 Å². The summed E-state index contributed by atoms with van der Waals surface area (Å²) in [5.74, 6) is -0.440. The molecule has 5 heteroatoms. The maximum Gasteiger partial charge on any atom is 0.201 e. The van der Waals surface area contributed by atoms with Crippen LogP contribution < -0.4 is 4.74 Å². The lowest BCUT2D eigenvalue weighted by Gasteiger charge is -2.56. The van der Waals surface area contributed by atoms with E-state index in [1.807, 2.05) is 13.0 Å². The number of phenols is 1. The molecule has 0 saturated carbocycles. The lowest BCUT2D eigenvalue weighted by molar-refractivity contribution is -0.156. The summed E-state index contributed by atoms with van der Waals surface area (Å²) in [5, 5.41) is 20.2.